The van der Waals surface area contributed by atoms with E-state index in [2.05, 4.69) is 24.0 Å². The number of pyridine rings is 1. The van der Waals surface area contributed by atoms with Crippen LogP contribution in [0.5, 0.6) is 0 Å². The van der Waals surface area contributed by atoms with Gasteiger partial charge in [-0.05, 0) is 61.5 Å². The monoisotopic (exact) mass is 445 g/mol. The van der Waals surface area contributed by atoms with E-state index < -0.39 is 10.8 Å². The van der Waals surface area contributed by atoms with Crippen LogP contribution >= 0.6 is 11.8 Å². The Bertz CT molecular complexity index is 896. The molecule has 1 aromatic heterocycles. The van der Waals surface area contributed by atoms with E-state index in [1.807, 2.05) is 33.0 Å². The number of hydrogen-bond acceptors (Lipinski definition) is 6. The van der Waals surface area contributed by atoms with Crippen LogP contribution in [0.2, 0.25) is 0 Å². The van der Waals surface area contributed by atoms with Gasteiger partial charge >= 0.3 is 0 Å². The van der Waals surface area contributed by atoms with Crippen molar-refractivity contribution in [2.45, 2.75) is 44.1 Å². The number of methoxy groups -OCH3 is 1. The Morgan fingerprint density at radius 3 is 2.77 bits per heavy atom. The second-order valence-electron chi connectivity index (χ2n) is 7.25. The Hall–Kier alpha value is -1.88. The average molecular weight is 446 g/mol. The Kier molecular flexibility index (Phi) is 9.83. The third-order valence-corrected chi connectivity index (χ3v) is 7.87. The number of allylic oxidation sites excluding steroid dienone is 4. The normalized spacial score (nSPS) is 16.0. The summed E-state index contributed by atoms with van der Waals surface area (Å²) >= 11 is 1.40. The molecule has 1 N–H and O–H groups in total. The topological polar surface area (TPSA) is 75.0 Å². The molecule has 0 spiro atoms. The van der Waals surface area contributed by atoms with Gasteiger partial charge in [-0.25, -0.2) is 4.98 Å². The van der Waals surface area contributed by atoms with E-state index in [1.54, 1.807) is 7.11 Å². The molecule has 162 valence electrons. The van der Waals surface area contributed by atoms with Gasteiger partial charge < -0.3 is 10.1 Å². The summed E-state index contributed by atoms with van der Waals surface area (Å²) in [7, 11) is 2.44. The van der Waals surface area contributed by atoms with Crippen molar-refractivity contribution in [1.29, 1.82) is 5.26 Å². The van der Waals surface area contributed by atoms with E-state index in [4.69, 9.17) is 9.72 Å². The minimum absolute atomic E-state index is 0.395. The van der Waals surface area contributed by atoms with Gasteiger partial charge in [0.25, 0.3) is 0 Å². The van der Waals surface area contributed by atoms with Gasteiger partial charge in [-0.3, -0.25) is 4.21 Å². The van der Waals surface area contributed by atoms with E-state index in [0.29, 0.717) is 34.0 Å². The minimum Gasteiger partial charge on any atom is -0.388 e. The van der Waals surface area contributed by atoms with Crippen molar-refractivity contribution in [1.82, 2.24) is 10.3 Å². The highest BCUT2D eigenvalue weighted by atomic mass is 32.2. The van der Waals surface area contributed by atoms with Crippen LogP contribution in [-0.4, -0.2) is 40.8 Å². The third-order valence-electron chi connectivity index (χ3n) is 5.15. The number of rotatable bonds is 11. The molecule has 1 heterocycles. The highest BCUT2D eigenvalue weighted by Crippen LogP contribution is 2.41. The van der Waals surface area contributed by atoms with Gasteiger partial charge in [-0.15, -0.1) is 0 Å². The van der Waals surface area contributed by atoms with Crippen LogP contribution in [0, 0.1) is 11.3 Å². The summed E-state index contributed by atoms with van der Waals surface area (Å²) < 4.78 is 17.3. The van der Waals surface area contributed by atoms with Gasteiger partial charge in [0.2, 0.25) is 0 Å². The molecule has 0 amide bonds. The zero-order chi connectivity index (χ0) is 22.1. The third kappa shape index (κ3) is 6.31. The molecule has 1 aliphatic carbocycles. The molecule has 1 atom stereocenters. The molecular weight excluding hydrogens is 414 g/mol. The van der Waals surface area contributed by atoms with Crippen molar-refractivity contribution in [3.05, 3.63) is 52.9 Å². The molecule has 2 rings (SSSR count). The molecular formula is C23H31N3O2S2. The lowest BCUT2D eigenvalue weighted by molar-refractivity contribution is 0.218. The molecule has 0 saturated heterocycles. The standard InChI is InChI=1S/C23H31N3O2S2/c1-6-17(12-21(25-4)16(2)3)22-13-19(18-8-7-9-18)20(14-24)23(26-22)29-15-30(27)11-10-28-5/h6,12-13,18,25H,2,7-11,15H2,1,3-5H3/b17-6+,21-12+. The number of aromatic nitrogens is 1. The molecule has 5 nitrogen and oxygen atoms in total. The molecule has 0 radical (unpaired) electrons. The number of nitriles is 1. The number of nitrogens with zero attached hydrogens (tertiary/aromatic N) is 2. The number of likely N-dealkylation sites (N-methyl/N-ethyl adjacent to an activating group) is 1. The van der Waals surface area contributed by atoms with Gasteiger partial charge in [0.15, 0.2) is 0 Å². The second kappa shape index (κ2) is 12.1. The molecule has 0 aliphatic heterocycles. The molecule has 1 fully saturated rings. The lowest BCUT2D eigenvalue weighted by Gasteiger charge is -2.27. The van der Waals surface area contributed by atoms with E-state index >= 15 is 0 Å². The van der Waals surface area contributed by atoms with Gasteiger partial charge in [0.05, 0.1) is 22.9 Å². The van der Waals surface area contributed by atoms with E-state index in [1.165, 1.54) is 18.2 Å². The fourth-order valence-corrected chi connectivity index (χ4v) is 5.44. The fourth-order valence-electron chi connectivity index (χ4n) is 3.17. The maximum absolute atomic E-state index is 12.3. The van der Waals surface area contributed by atoms with Crippen LogP contribution in [0.1, 0.15) is 55.8 Å². The van der Waals surface area contributed by atoms with E-state index in [9.17, 15) is 9.47 Å². The maximum Gasteiger partial charge on any atom is 0.116 e. The summed E-state index contributed by atoms with van der Waals surface area (Å²) in [6, 6.07) is 4.43. The van der Waals surface area contributed by atoms with Gasteiger partial charge in [0, 0.05) is 36.4 Å². The highest BCUT2D eigenvalue weighted by molar-refractivity contribution is 8.10. The molecule has 1 aliphatic rings. The van der Waals surface area contributed by atoms with E-state index in [-0.39, 0.29) is 0 Å². The smallest absolute Gasteiger partial charge is 0.116 e. The Morgan fingerprint density at radius 1 is 1.53 bits per heavy atom. The number of thioether (sulfide) groups is 1. The van der Waals surface area contributed by atoms with Gasteiger partial charge in [-0.2, -0.15) is 5.26 Å². The van der Waals surface area contributed by atoms with Crippen molar-refractivity contribution >= 4 is 28.1 Å². The average Bonchev–Trinajstić information content (AvgIpc) is 2.69. The molecule has 1 saturated carbocycles. The minimum atomic E-state index is -1.03. The van der Waals surface area contributed by atoms with Crippen LogP contribution in [0.3, 0.4) is 0 Å². The van der Waals surface area contributed by atoms with E-state index in [0.717, 1.165) is 40.9 Å². The number of ether oxygens (including phenoxy) is 1. The molecule has 0 aromatic carbocycles. The lowest BCUT2D eigenvalue weighted by atomic mass is 9.78. The molecule has 30 heavy (non-hydrogen) atoms. The zero-order valence-electron chi connectivity index (χ0n) is 18.3. The van der Waals surface area contributed by atoms with Gasteiger partial charge in [0.1, 0.15) is 11.1 Å². The first-order valence-electron chi connectivity index (χ1n) is 10.1. The Balaban J connectivity index is 2.46. The van der Waals surface area contributed by atoms with Crippen molar-refractivity contribution in [3.8, 4) is 6.07 Å². The summed E-state index contributed by atoms with van der Waals surface area (Å²) in [6.45, 7) is 8.42. The van der Waals surface area contributed by atoms with Crippen LogP contribution in [-0.2, 0) is 15.5 Å². The molecule has 1 unspecified atom stereocenters. The SMILES string of the molecule is C=C(C)/C(=C\C(=C/C)c1cc(C2CCC2)c(C#N)c(SCS(=O)CCOC)n1)NC. The van der Waals surface area contributed by atoms with Crippen molar-refractivity contribution in [2.24, 2.45) is 0 Å². The molecule has 0 bridgehead atoms. The maximum atomic E-state index is 12.3. The Morgan fingerprint density at radius 2 is 2.27 bits per heavy atom. The number of hydrogen-bond donors (Lipinski definition) is 1. The Labute approximate surface area is 187 Å². The van der Waals surface area contributed by atoms with Crippen molar-refractivity contribution in [2.75, 3.05) is 31.6 Å². The summed E-state index contributed by atoms with van der Waals surface area (Å²) in [6.07, 6.45) is 7.43. The first-order valence-corrected chi connectivity index (χ1v) is 12.6. The van der Waals surface area contributed by atoms with Crippen LogP contribution < -0.4 is 5.32 Å². The number of nitrogens with one attached hydrogen (secondary N) is 1. The lowest BCUT2D eigenvalue weighted by Crippen LogP contribution is -2.13. The van der Waals surface area contributed by atoms with Gasteiger partial charge in [-0.1, -0.05) is 30.8 Å². The largest absolute Gasteiger partial charge is 0.388 e. The quantitative estimate of drug-likeness (QED) is 0.391. The van der Waals surface area contributed by atoms with Crippen molar-refractivity contribution in [3.63, 3.8) is 0 Å². The molecule has 1 aromatic rings. The second-order valence-corrected chi connectivity index (χ2v) is 10.2. The van der Waals surface area contributed by atoms with Crippen molar-refractivity contribution < 1.29 is 8.95 Å². The summed E-state index contributed by atoms with van der Waals surface area (Å²) in [5.41, 5.74) is 5.37. The van der Waals surface area contributed by atoms with Crippen LogP contribution in [0.25, 0.3) is 5.57 Å². The highest BCUT2D eigenvalue weighted by Gasteiger charge is 2.26. The molecule has 7 heteroatoms. The first kappa shape index (κ1) is 24.4. The fraction of sp³-hybridized carbons (Fsp3) is 0.478. The summed E-state index contributed by atoms with van der Waals surface area (Å²) in [4.78, 5) is 4.82. The van der Waals surface area contributed by atoms with Crippen LogP contribution in [0.15, 0.2) is 41.1 Å². The predicted octanol–water partition coefficient (Wildman–Crippen LogP) is 4.75. The summed E-state index contributed by atoms with van der Waals surface area (Å²) in [5.74, 6) is 0.875. The summed E-state index contributed by atoms with van der Waals surface area (Å²) in [5, 5.41) is 14.1. The first-order chi connectivity index (χ1) is 14.4. The predicted molar refractivity (Wildman–Crippen MR) is 127 cm³/mol. The van der Waals surface area contributed by atoms with Crippen LogP contribution in [0.4, 0.5) is 0 Å². The zero-order valence-corrected chi connectivity index (χ0v) is 19.9.